The number of aromatic nitrogens is 1. The van der Waals surface area contributed by atoms with Gasteiger partial charge >= 0.3 is 0 Å². The number of sulfonamides is 1. The van der Waals surface area contributed by atoms with E-state index in [-0.39, 0.29) is 23.6 Å². The van der Waals surface area contributed by atoms with Crippen molar-refractivity contribution in [2.24, 2.45) is 0 Å². The van der Waals surface area contributed by atoms with Crippen LogP contribution in [0.1, 0.15) is 19.4 Å². The molecule has 0 fully saturated rings. The van der Waals surface area contributed by atoms with Crippen LogP contribution in [0.3, 0.4) is 0 Å². The molecule has 1 aromatic carbocycles. The quantitative estimate of drug-likeness (QED) is 0.814. The highest BCUT2D eigenvalue weighted by molar-refractivity contribution is 7.89. The van der Waals surface area contributed by atoms with Crippen molar-refractivity contribution >= 4 is 10.0 Å². The van der Waals surface area contributed by atoms with E-state index in [2.05, 4.69) is 21.5 Å². The van der Waals surface area contributed by atoms with E-state index >= 15 is 0 Å². The van der Waals surface area contributed by atoms with E-state index in [0.29, 0.717) is 5.75 Å². The summed E-state index contributed by atoms with van der Waals surface area (Å²) in [6.45, 7) is 4.21. The van der Waals surface area contributed by atoms with Gasteiger partial charge < -0.3 is 9.47 Å². The number of benzene rings is 1. The van der Waals surface area contributed by atoms with Gasteiger partial charge in [0.2, 0.25) is 10.0 Å². The fourth-order valence-electron chi connectivity index (χ4n) is 2.65. The molecule has 0 spiro atoms. The minimum absolute atomic E-state index is 0.00296. The van der Waals surface area contributed by atoms with Gasteiger partial charge in [-0.3, -0.25) is 4.98 Å². The topological polar surface area (TPSA) is 77.5 Å². The summed E-state index contributed by atoms with van der Waals surface area (Å²) < 4.78 is 38.0. The number of rotatable bonds is 5. The van der Waals surface area contributed by atoms with Crippen LogP contribution in [0.15, 0.2) is 47.6 Å². The number of nitrogens with zero attached hydrogens (tertiary/aromatic N) is 1. The molecule has 0 atom stereocenters. The van der Waals surface area contributed by atoms with Crippen LogP contribution in [-0.4, -0.2) is 32.2 Å². The Hall–Kier alpha value is -2.56. The highest BCUT2D eigenvalue weighted by Gasteiger charge is 2.32. The Morgan fingerprint density at radius 2 is 2.12 bits per heavy atom. The average Bonchev–Trinajstić information content (AvgIpc) is 2.93. The lowest BCUT2D eigenvalue weighted by Gasteiger charge is -2.17. The third-order valence-corrected chi connectivity index (χ3v) is 5.16. The predicted octanol–water partition coefficient (Wildman–Crippen LogP) is 2.16. The van der Waals surface area contributed by atoms with Crippen molar-refractivity contribution in [1.82, 2.24) is 9.71 Å². The van der Waals surface area contributed by atoms with Gasteiger partial charge in [-0.15, -0.1) is 0 Å². The number of hydrogen-bond acceptors (Lipinski definition) is 5. The maximum atomic E-state index is 12.0. The number of hydrogen-bond donors (Lipinski definition) is 1. The van der Waals surface area contributed by atoms with Crippen LogP contribution < -0.4 is 14.2 Å². The van der Waals surface area contributed by atoms with Crippen molar-refractivity contribution in [3.8, 4) is 23.3 Å². The van der Waals surface area contributed by atoms with Crippen LogP contribution in [0.2, 0.25) is 0 Å². The standard InChI is InChI=1S/C19H20N2O4S/c1-19(2)13-15-7-5-9-17(18(15)25-19)24-12-4-3-11-21-26(22,23)16-8-6-10-20-14-16/h5-10,14,21H,11-13H2,1-2H3. The number of ether oxygens (including phenoxy) is 2. The molecule has 1 aliphatic rings. The van der Waals surface area contributed by atoms with E-state index < -0.39 is 10.0 Å². The summed E-state index contributed by atoms with van der Waals surface area (Å²) in [5.74, 6) is 6.95. The van der Waals surface area contributed by atoms with Gasteiger partial charge in [0.05, 0.1) is 6.54 Å². The predicted molar refractivity (Wildman–Crippen MR) is 97.5 cm³/mol. The number of para-hydroxylation sites is 1. The van der Waals surface area contributed by atoms with Gasteiger partial charge in [0.15, 0.2) is 11.5 Å². The highest BCUT2D eigenvalue weighted by atomic mass is 32.2. The molecule has 1 N–H and O–H groups in total. The summed E-state index contributed by atoms with van der Waals surface area (Å²) >= 11 is 0. The summed E-state index contributed by atoms with van der Waals surface area (Å²) in [4.78, 5) is 3.90. The second kappa shape index (κ2) is 7.36. The Morgan fingerprint density at radius 1 is 1.27 bits per heavy atom. The van der Waals surface area contributed by atoms with Gasteiger partial charge in [0.25, 0.3) is 0 Å². The molecule has 2 heterocycles. The molecule has 0 radical (unpaired) electrons. The van der Waals surface area contributed by atoms with Gasteiger partial charge in [0.1, 0.15) is 17.1 Å². The smallest absolute Gasteiger partial charge is 0.242 e. The lowest BCUT2D eigenvalue weighted by Crippen LogP contribution is -2.24. The van der Waals surface area contributed by atoms with Crippen LogP contribution in [0.4, 0.5) is 0 Å². The molecular weight excluding hydrogens is 352 g/mol. The molecule has 0 saturated heterocycles. The Balaban J connectivity index is 1.53. The molecule has 0 bridgehead atoms. The first-order chi connectivity index (χ1) is 12.4. The molecule has 136 valence electrons. The minimum atomic E-state index is -3.60. The van der Waals surface area contributed by atoms with E-state index in [9.17, 15) is 8.42 Å². The second-order valence-electron chi connectivity index (χ2n) is 6.44. The first-order valence-corrected chi connectivity index (χ1v) is 9.65. The van der Waals surface area contributed by atoms with Crippen molar-refractivity contribution in [3.63, 3.8) is 0 Å². The van der Waals surface area contributed by atoms with Crippen LogP contribution in [-0.2, 0) is 16.4 Å². The van der Waals surface area contributed by atoms with Gasteiger partial charge in [-0.2, -0.15) is 4.72 Å². The Labute approximate surface area is 153 Å². The summed E-state index contributed by atoms with van der Waals surface area (Å²) in [7, 11) is -3.60. The average molecular weight is 372 g/mol. The van der Waals surface area contributed by atoms with Crippen molar-refractivity contribution in [2.45, 2.75) is 30.8 Å². The molecule has 0 saturated carbocycles. The SMILES string of the molecule is CC1(C)Cc2cccc(OCC#CCNS(=O)(=O)c3cccnc3)c2O1. The Bertz CT molecular complexity index is 944. The van der Waals surface area contributed by atoms with Crippen molar-refractivity contribution in [2.75, 3.05) is 13.2 Å². The van der Waals surface area contributed by atoms with E-state index in [1.807, 2.05) is 32.0 Å². The molecule has 6 nitrogen and oxygen atoms in total. The van der Waals surface area contributed by atoms with Crippen LogP contribution in [0, 0.1) is 11.8 Å². The van der Waals surface area contributed by atoms with Crippen LogP contribution in [0.25, 0.3) is 0 Å². The van der Waals surface area contributed by atoms with E-state index in [4.69, 9.17) is 9.47 Å². The monoisotopic (exact) mass is 372 g/mol. The molecule has 26 heavy (non-hydrogen) atoms. The molecular formula is C19H20N2O4S. The maximum absolute atomic E-state index is 12.0. The van der Waals surface area contributed by atoms with Crippen molar-refractivity contribution in [1.29, 1.82) is 0 Å². The molecule has 0 aliphatic carbocycles. The van der Waals surface area contributed by atoms with E-state index in [1.54, 1.807) is 6.07 Å². The zero-order valence-electron chi connectivity index (χ0n) is 14.7. The number of pyridine rings is 1. The Kier molecular flexibility index (Phi) is 5.16. The number of fused-ring (bicyclic) bond motifs is 1. The Morgan fingerprint density at radius 3 is 2.88 bits per heavy atom. The zero-order chi connectivity index (χ0) is 18.6. The van der Waals surface area contributed by atoms with Crippen LogP contribution >= 0.6 is 0 Å². The third kappa shape index (κ3) is 4.34. The molecule has 0 unspecified atom stereocenters. The first kappa shape index (κ1) is 18.2. The largest absolute Gasteiger partial charge is 0.483 e. The fraction of sp³-hybridized carbons (Fsp3) is 0.316. The third-order valence-electron chi connectivity index (χ3n) is 3.78. The molecule has 3 rings (SSSR count). The number of nitrogens with one attached hydrogen (secondary N) is 1. The highest BCUT2D eigenvalue weighted by Crippen LogP contribution is 2.41. The molecule has 0 amide bonds. The van der Waals surface area contributed by atoms with Gasteiger partial charge in [-0.05, 0) is 32.0 Å². The van der Waals surface area contributed by atoms with Gasteiger partial charge in [0, 0.05) is 24.4 Å². The maximum Gasteiger partial charge on any atom is 0.242 e. The summed E-state index contributed by atoms with van der Waals surface area (Å²) in [6.07, 6.45) is 3.64. The van der Waals surface area contributed by atoms with Gasteiger partial charge in [-0.25, -0.2) is 8.42 Å². The summed E-state index contributed by atoms with van der Waals surface area (Å²) in [6, 6.07) is 8.83. The molecule has 2 aromatic rings. The lowest BCUT2D eigenvalue weighted by molar-refractivity contribution is 0.133. The summed E-state index contributed by atoms with van der Waals surface area (Å²) in [5, 5.41) is 0. The van der Waals surface area contributed by atoms with Crippen molar-refractivity contribution < 1.29 is 17.9 Å². The fourth-order valence-corrected chi connectivity index (χ4v) is 3.54. The van der Waals surface area contributed by atoms with Crippen LogP contribution in [0.5, 0.6) is 11.5 Å². The molecule has 1 aliphatic heterocycles. The van der Waals surface area contributed by atoms with Gasteiger partial charge in [-0.1, -0.05) is 24.0 Å². The van der Waals surface area contributed by atoms with E-state index in [1.165, 1.54) is 18.5 Å². The summed E-state index contributed by atoms with van der Waals surface area (Å²) in [5.41, 5.74) is 0.877. The molecule has 7 heteroatoms. The second-order valence-corrected chi connectivity index (χ2v) is 8.21. The first-order valence-electron chi connectivity index (χ1n) is 8.16. The minimum Gasteiger partial charge on any atom is -0.483 e. The lowest BCUT2D eigenvalue weighted by atomic mass is 10.0. The van der Waals surface area contributed by atoms with E-state index in [0.717, 1.165) is 17.7 Å². The molecule has 1 aromatic heterocycles. The van der Waals surface area contributed by atoms with Crippen molar-refractivity contribution in [3.05, 3.63) is 48.3 Å². The zero-order valence-corrected chi connectivity index (χ0v) is 15.5. The normalized spacial score (nSPS) is 14.7.